The molecule has 1 aromatic carbocycles. The van der Waals surface area contributed by atoms with Crippen LogP contribution in [0.4, 0.5) is 11.4 Å². The first-order chi connectivity index (χ1) is 9.63. The number of aromatic nitrogens is 1. The number of nitro groups is 1. The van der Waals surface area contributed by atoms with Gasteiger partial charge in [0.25, 0.3) is 11.6 Å². The lowest BCUT2D eigenvalue weighted by Crippen LogP contribution is -2.23. The van der Waals surface area contributed by atoms with Crippen molar-refractivity contribution < 1.29 is 9.72 Å². The van der Waals surface area contributed by atoms with E-state index < -0.39 is 4.92 Å². The summed E-state index contributed by atoms with van der Waals surface area (Å²) in [4.78, 5) is 26.5. The number of hydrogen-bond donors (Lipinski definition) is 2. The minimum Gasteiger partial charge on any atom is -0.382 e. The molecule has 0 bridgehead atoms. The first-order valence-electron chi connectivity index (χ1n) is 5.75. The molecule has 0 atom stereocenters. The van der Waals surface area contributed by atoms with Crippen molar-refractivity contribution in [3.63, 3.8) is 0 Å². The van der Waals surface area contributed by atoms with Gasteiger partial charge in [0.2, 0.25) is 0 Å². The zero-order valence-corrected chi connectivity index (χ0v) is 11.4. The second kappa shape index (κ2) is 6.11. The number of carbonyl (C=O) groups is 1. The van der Waals surface area contributed by atoms with Crippen LogP contribution in [0.25, 0.3) is 0 Å². The number of rotatable bonds is 5. The highest BCUT2D eigenvalue weighted by Gasteiger charge is 2.20. The lowest BCUT2D eigenvalue weighted by atomic mass is 10.1. The van der Waals surface area contributed by atoms with Crippen LogP contribution in [-0.4, -0.2) is 22.9 Å². The van der Waals surface area contributed by atoms with Gasteiger partial charge in [-0.3, -0.25) is 14.9 Å². The van der Waals surface area contributed by atoms with Gasteiger partial charge < -0.3 is 10.6 Å². The summed E-state index contributed by atoms with van der Waals surface area (Å²) >= 11 is 1.43. The smallest absolute Gasteiger partial charge is 0.293 e. The molecule has 8 heteroatoms. The summed E-state index contributed by atoms with van der Waals surface area (Å²) in [6, 6.07) is 4.37. The Balaban J connectivity index is 2.21. The van der Waals surface area contributed by atoms with E-state index in [0.717, 1.165) is 5.01 Å². The maximum atomic E-state index is 12.1. The Morgan fingerprint density at radius 2 is 2.30 bits per heavy atom. The molecule has 0 saturated heterocycles. The molecular formula is C12H12N4O3S. The number of nitro benzene ring substituents is 1. The third-order valence-electron chi connectivity index (χ3n) is 2.62. The highest BCUT2D eigenvalue weighted by atomic mass is 32.1. The van der Waals surface area contributed by atoms with E-state index >= 15 is 0 Å². The summed E-state index contributed by atoms with van der Waals surface area (Å²) in [6.45, 7) is 0.294. The minimum atomic E-state index is -0.524. The van der Waals surface area contributed by atoms with Crippen LogP contribution in [0.3, 0.4) is 0 Å². The number of nitrogens with zero attached hydrogens (tertiary/aromatic N) is 2. The molecule has 1 amide bonds. The summed E-state index contributed by atoms with van der Waals surface area (Å²) in [5.41, 5.74) is 0.307. The minimum absolute atomic E-state index is 0.130. The molecule has 0 spiro atoms. The van der Waals surface area contributed by atoms with Gasteiger partial charge in [-0.15, -0.1) is 11.3 Å². The molecule has 0 radical (unpaired) electrons. The highest BCUT2D eigenvalue weighted by Crippen LogP contribution is 2.27. The summed E-state index contributed by atoms with van der Waals surface area (Å²) in [7, 11) is 1.54. The molecule has 0 saturated carbocycles. The quantitative estimate of drug-likeness (QED) is 0.649. The maximum Gasteiger partial charge on any atom is 0.293 e. The van der Waals surface area contributed by atoms with E-state index in [1.54, 1.807) is 13.2 Å². The van der Waals surface area contributed by atoms with Crippen molar-refractivity contribution >= 4 is 28.6 Å². The molecule has 0 aliphatic carbocycles. The summed E-state index contributed by atoms with van der Waals surface area (Å²) < 4.78 is 0. The van der Waals surface area contributed by atoms with Crippen molar-refractivity contribution in [3.8, 4) is 0 Å². The van der Waals surface area contributed by atoms with E-state index in [1.807, 2.05) is 5.38 Å². The van der Waals surface area contributed by atoms with Crippen molar-refractivity contribution in [2.45, 2.75) is 6.54 Å². The van der Waals surface area contributed by atoms with E-state index in [1.165, 1.54) is 29.5 Å². The molecule has 1 aromatic heterocycles. The number of nitrogens with one attached hydrogen (secondary N) is 2. The van der Waals surface area contributed by atoms with Crippen LogP contribution in [0.2, 0.25) is 0 Å². The second-order valence-corrected chi connectivity index (χ2v) is 4.79. The molecule has 2 aromatic rings. The number of para-hydroxylation sites is 1. The number of amides is 1. The molecule has 0 aliphatic rings. The maximum absolute atomic E-state index is 12.1. The Labute approximate surface area is 118 Å². The largest absolute Gasteiger partial charge is 0.382 e. The third kappa shape index (κ3) is 2.91. The molecule has 2 rings (SSSR count). The van der Waals surface area contributed by atoms with Crippen LogP contribution >= 0.6 is 11.3 Å². The average Bonchev–Trinajstić information content (AvgIpc) is 2.97. The predicted molar refractivity (Wildman–Crippen MR) is 75.9 cm³/mol. The van der Waals surface area contributed by atoms with Crippen LogP contribution < -0.4 is 10.6 Å². The monoisotopic (exact) mass is 292 g/mol. The van der Waals surface area contributed by atoms with Crippen LogP contribution in [0.5, 0.6) is 0 Å². The van der Waals surface area contributed by atoms with Crippen LogP contribution in [0, 0.1) is 10.1 Å². The molecule has 7 nitrogen and oxygen atoms in total. The zero-order chi connectivity index (χ0) is 14.5. The Kier molecular flexibility index (Phi) is 4.26. The summed E-state index contributed by atoms with van der Waals surface area (Å²) in [6.07, 6.45) is 1.65. The van der Waals surface area contributed by atoms with Crippen molar-refractivity contribution in [1.82, 2.24) is 10.3 Å². The fourth-order valence-corrected chi connectivity index (χ4v) is 2.29. The van der Waals surface area contributed by atoms with Gasteiger partial charge in [-0.1, -0.05) is 6.07 Å². The number of anilines is 1. The number of hydrogen-bond acceptors (Lipinski definition) is 6. The zero-order valence-electron chi connectivity index (χ0n) is 10.6. The number of benzene rings is 1. The topological polar surface area (TPSA) is 97.2 Å². The normalized spacial score (nSPS) is 10.1. The molecule has 2 N–H and O–H groups in total. The lowest BCUT2D eigenvalue weighted by Gasteiger charge is -2.09. The van der Waals surface area contributed by atoms with Gasteiger partial charge in [0, 0.05) is 24.7 Å². The first kappa shape index (κ1) is 13.9. The van der Waals surface area contributed by atoms with Gasteiger partial charge in [-0.05, 0) is 6.07 Å². The Morgan fingerprint density at radius 1 is 1.50 bits per heavy atom. The molecular weight excluding hydrogens is 280 g/mol. The lowest BCUT2D eigenvalue weighted by molar-refractivity contribution is -0.384. The second-order valence-electron chi connectivity index (χ2n) is 3.82. The van der Waals surface area contributed by atoms with Crippen LogP contribution in [-0.2, 0) is 6.54 Å². The fourth-order valence-electron chi connectivity index (χ4n) is 1.74. The number of carbonyl (C=O) groups excluding carboxylic acids is 1. The van der Waals surface area contributed by atoms with E-state index in [0.29, 0.717) is 6.54 Å². The summed E-state index contributed by atoms with van der Waals surface area (Å²) in [5.74, 6) is -0.381. The fraction of sp³-hybridized carbons (Fsp3) is 0.167. The third-order valence-corrected chi connectivity index (χ3v) is 3.40. The van der Waals surface area contributed by atoms with Crippen molar-refractivity contribution in [2.75, 3.05) is 12.4 Å². The van der Waals surface area contributed by atoms with Gasteiger partial charge in [-0.2, -0.15) is 0 Å². The standard InChI is InChI=1S/C12H12N4O3S/c1-13-11-8(3-2-4-9(11)16(18)19)12(17)15-7-10-14-5-6-20-10/h2-6,13H,7H2,1H3,(H,15,17). The highest BCUT2D eigenvalue weighted by molar-refractivity contribution is 7.09. The molecule has 1 heterocycles. The average molecular weight is 292 g/mol. The molecule has 104 valence electrons. The van der Waals surface area contributed by atoms with Gasteiger partial charge in [0.1, 0.15) is 10.7 Å². The Bertz CT molecular complexity index is 628. The predicted octanol–water partition coefficient (Wildman–Crippen LogP) is 2.02. The van der Waals surface area contributed by atoms with Crippen molar-refractivity contribution in [2.24, 2.45) is 0 Å². The molecule has 0 fully saturated rings. The van der Waals surface area contributed by atoms with Crippen LogP contribution in [0.15, 0.2) is 29.8 Å². The Hall–Kier alpha value is -2.48. The van der Waals surface area contributed by atoms with Gasteiger partial charge >= 0.3 is 0 Å². The number of thiazole rings is 1. The van der Waals surface area contributed by atoms with Gasteiger partial charge in [-0.25, -0.2) is 4.98 Å². The van der Waals surface area contributed by atoms with E-state index in [9.17, 15) is 14.9 Å². The van der Waals surface area contributed by atoms with Gasteiger partial charge in [0.05, 0.1) is 17.0 Å². The molecule has 0 unspecified atom stereocenters. The molecule has 20 heavy (non-hydrogen) atoms. The van der Waals surface area contributed by atoms with Crippen molar-refractivity contribution in [3.05, 3.63) is 50.5 Å². The first-order valence-corrected chi connectivity index (χ1v) is 6.63. The summed E-state index contributed by atoms with van der Waals surface area (Å²) in [5, 5.41) is 18.9. The SMILES string of the molecule is CNc1c(C(=O)NCc2nccs2)cccc1[N+](=O)[O-]. The van der Waals surface area contributed by atoms with E-state index in [4.69, 9.17) is 0 Å². The van der Waals surface area contributed by atoms with E-state index in [2.05, 4.69) is 15.6 Å². The Morgan fingerprint density at radius 3 is 2.90 bits per heavy atom. The molecule has 0 aliphatic heterocycles. The van der Waals surface area contributed by atoms with Crippen molar-refractivity contribution in [1.29, 1.82) is 0 Å². The van der Waals surface area contributed by atoms with E-state index in [-0.39, 0.29) is 22.8 Å². The van der Waals surface area contributed by atoms with Gasteiger partial charge in [0.15, 0.2) is 0 Å². The van der Waals surface area contributed by atoms with Crippen LogP contribution in [0.1, 0.15) is 15.4 Å².